The minimum absolute atomic E-state index is 0.272. The molecule has 0 bridgehead atoms. The number of nitrogens with one attached hydrogen (secondary N) is 1. The summed E-state index contributed by atoms with van der Waals surface area (Å²) in [6.07, 6.45) is 4.74. The van der Waals surface area contributed by atoms with E-state index in [1.807, 2.05) is 12.1 Å². The second-order valence-corrected chi connectivity index (χ2v) is 8.53. The van der Waals surface area contributed by atoms with E-state index in [1.165, 1.54) is 11.3 Å². The topological polar surface area (TPSA) is 63.8 Å². The first-order valence-electron chi connectivity index (χ1n) is 10.5. The average Bonchev–Trinajstić information content (AvgIpc) is 3.15. The van der Waals surface area contributed by atoms with Crippen molar-refractivity contribution in [3.05, 3.63) is 40.2 Å². The van der Waals surface area contributed by atoms with Gasteiger partial charge in [-0.25, -0.2) is 0 Å². The maximum absolute atomic E-state index is 10.8. The van der Waals surface area contributed by atoms with E-state index in [1.54, 1.807) is 20.5 Å². The Kier molecular flexibility index (Phi) is 6.25. The highest BCUT2D eigenvalue weighted by Gasteiger charge is 2.41. The Labute approximate surface area is 182 Å². The second kappa shape index (κ2) is 8.90. The van der Waals surface area contributed by atoms with E-state index in [0.29, 0.717) is 23.3 Å². The molecule has 4 rings (SSSR count). The van der Waals surface area contributed by atoms with Crippen LogP contribution >= 0.6 is 11.6 Å². The van der Waals surface area contributed by atoms with E-state index in [4.69, 9.17) is 25.8 Å². The van der Waals surface area contributed by atoms with Gasteiger partial charge in [-0.3, -0.25) is 9.69 Å². The highest BCUT2D eigenvalue weighted by Crippen LogP contribution is 2.47. The summed E-state index contributed by atoms with van der Waals surface area (Å²) < 4.78 is 16.1. The fraction of sp³-hybridized carbons (Fsp3) is 0.522. The lowest BCUT2D eigenvalue weighted by atomic mass is 9.74. The minimum Gasteiger partial charge on any atom is -0.504 e. The molecule has 0 unspecified atom stereocenters. The van der Waals surface area contributed by atoms with E-state index in [-0.39, 0.29) is 12.6 Å². The smallest absolute Gasteiger partial charge is 0.293 e. The van der Waals surface area contributed by atoms with Crippen LogP contribution in [0.4, 0.5) is 0 Å². The molecule has 1 N–H and O–H groups in total. The van der Waals surface area contributed by atoms with Crippen molar-refractivity contribution >= 4 is 29.0 Å². The van der Waals surface area contributed by atoms with Crippen LogP contribution in [0.15, 0.2) is 24.0 Å². The molecule has 1 aromatic heterocycles. The second-order valence-electron chi connectivity index (χ2n) is 8.13. The van der Waals surface area contributed by atoms with Gasteiger partial charge in [0.2, 0.25) is 0 Å². The van der Waals surface area contributed by atoms with Gasteiger partial charge in [-0.05, 0) is 42.4 Å². The summed E-state index contributed by atoms with van der Waals surface area (Å²) in [4.78, 5) is 17.1. The number of H-pyrrole nitrogens is 1. The summed E-state index contributed by atoms with van der Waals surface area (Å²) in [7, 11) is 3.32. The van der Waals surface area contributed by atoms with Crippen molar-refractivity contribution in [3.8, 4) is 5.75 Å². The predicted octanol–water partition coefficient (Wildman–Crippen LogP) is 4.48. The molecule has 1 fully saturated rings. The summed E-state index contributed by atoms with van der Waals surface area (Å²) in [5, 5.41) is 1.74. The molecule has 162 valence electrons. The van der Waals surface area contributed by atoms with Crippen LogP contribution < -0.4 is 4.74 Å². The normalized spacial score (nSPS) is 24.3. The lowest BCUT2D eigenvalue weighted by molar-refractivity contribution is -0.128. The van der Waals surface area contributed by atoms with Crippen LogP contribution in [0.5, 0.6) is 5.75 Å². The molecule has 0 spiro atoms. The first-order chi connectivity index (χ1) is 14.6. The molecule has 0 saturated carbocycles. The lowest BCUT2D eigenvalue weighted by Gasteiger charge is -2.46. The van der Waals surface area contributed by atoms with Crippen molar-refractivity contribution in [1.29, 1.82) is 0 Å². The number of methoxy groups -OCH3 is 2. The molecule has 30 heavy (non-hydrogen) atoms. The van der Waals surface area contributed by atoms with Gasteiger partial charge in [0.1, 0.15) is 12.4 Å². The fourth-order valence-electron chi connectivity index (χ4n) is 5.38. The number of nitrogens with zero attached hydrogens (tertiary/aromatic N) is 1. The SMILES string of the molecule is CC[C@@H]1CN2CCc3c([nH]c4ccc(Cl)c(OC)c34)[C@@H]2C[C@@H]1C(=COC)COC=O. The quantitative estimate of drug-likeness (QED) is 0.516. The third-order valence-electron chi connectivity index (χ3n) is 6.74. The summed E-state index contributed by atoms with van der Waals surface area (Å²) in [6, 6.07) is 4.19. The first kappa shape index (κ1) is 21.1. The average molecular weight is 433 g/mol. The number of hydrogen-bond donors (Lipinski definition) is 1. The number of ether oxygens (including phenoxy) is 3. The van der Waals surface area contributed by atoms with Crippen molar-refractivity contribution in [2.24, 2.45) is 11.8 Å². The number of aromatic nitrogens is 1. The van der Waals surface area contributed by atoms with E-state index < -0.39 is 0 Å². The highest BCUT2D eigenvalue weighted by atomic mass is 35.5. The van der Waals surface area contributed by atoms with Gasteiger partial charge in [0.15, 0.2) is 0 Å². The van der Waals surface area contributed by atoms with Gasteiger partial charge in [0.25, 0.3) is 6.47 Å². The van der Waals surface area contributed by atoms with Gasteiger partial charge in [-0.2, -0.15) is 0 Å². The Morgan fingerprint density at radius 3 is 2.90 bits per heavy atom. The maximum atomic E-state index is 10.8. The van der Waals surface area contributed by atoms with Crippen LogP contribution in [-0.2, 0) is 20.7 Å². The molecule has 7 heteroatoms. The van der Waals surface area contributed by atoms with Gasteiger partial charge in [-0.1, -0.05) is 24.9 Å². The first-order valence-corrected chi connectivity index (χ1v) is 10.9. The largest absolute Gasteiger partial charge is 0.504 e. The Hall–Kier alpha value is -2.18. The summed E-state index contributed by atoms with van der Waals surface area (Å²) in [6.45, 7) is 5.03. The molecule has 0 aliphatic carbocycles. The van der Waals surface area contributed by atoms with Crippen LogP contribution in [0, 0.1) is 11.8 Å². The third kappa shape index (κ3) is 3.56. The van der Waals surface area contributed by atoms with Crippen molar-refractivity contribution < 1.29 is 19.0 Å². The van der Waals surface area contributed by atoms with Crippen molar-refractivity contribution in [2.45, 2.75) is 32.2 Å². The number of fused-ring (bicyclic) bond motifs is 5. The molecule has 2 aliphatic rings. The van der Waals surface area contributed by atoms with Gasteiger partial charge < -0.3 is 19.2 Å². The predicted molar refractivity (Wildman–Crippen MR) is 117 cm³/mol. The van der Waals surface area contributed by atoms with Crippen LogP contribution in [-0.4, -0.2) is 50.3 Å². The number of carbonyl (C=O) groups excluding carboxylic acids is 1. The highest BCUT2D eigenvalue weighted by molar-refractivity contribution is 6.33. The molecule has 2 aromatic rings. The van der Waals surface area contributed by atoms with Gasteiger partial charge in [-0.15, -0.1) is 0 Å². The molecule has 1 saturated heterocycles. The van der Waals surface area contributed by atoms with Crippen LogP contribution in [0.3, 0.4) is 0 Å². The monoisotopic (exact) mass is 432 g/mol. The zero-order valence-corrected chi connectivity index (χ0v) is 18.5. The standard InChI is InChI=1S/C23H29ClN2O4/c1-4-14-10-26-8-7-16-21-19(6-5-18(24)23(21)29-3)25-22(16)20(26)9-17(14)15(11-28-2)12-30-13-27/h5-6,11,13-14,17,20,25H,4,7-10,12H2,1-3H3/t14-,17+,20+/m1/s1. The number of hydrogen-bond acceptors (Lipinski definition) is 5. The third-order valence-corrected chi connectivity index (χ3v) is 7.03. The lowest BCUT2D eigenvalue weighted by Crippen LogP contribution is -2.46. The number of aromatic amines is 1. The fourth-order valence-corrected chi connectivity index (χ4v) is 5.61. The summed E-state index contributed by atoms with van der Waals surface area (Å²) in [5.74, 6) is 1.53. The van der Waals surface area contributed by atoms with Crippen molar-refractivity contribution in [1.82, 2.24) is 9.88 Å². The molecule has 1 aromatic carbocycles. The molecule has 0 radical (unpaired) electrons. The van der Waals surface area contributed by atoms with E-state index in [2.05, 4.69) is 16.8 Å². The number of benzene rings is 1. The number of rotatable bonds is 7. The van der Waals surface area contributed by atoms with Gasteiger partial charge in [0, 0.05) is 35.3 Å². The van der Waals surface area contributed by atoms with Crippen molar-refractivity contribution in [3.63, 3.8) is 0 Å². The Morgan fingerprint density at radius 1 is 1.37 bits per heavy atom. The van der Waals surface area contributed by atoms with E-state index >= 15 is 0 Å². The molecule has 0 amide bonds. The van der Waals surface area contributed by atoms with E-state index in [0.717, 1.165) is 54.6 Å². The molecular formula is C23H29ClN2O4. The zero-order valence-electron chi connectivity index (χ0n) is 17.7. The zero-order chi connectivity index (χ0) is 21.3. The molecule has 3 atom stereocenters. The molecule has 3 heterocycles. The van der Waals surface area contributed by atoms with E-state index in [9.17, 15) is 4.79 Å². The van der Waals surface area contributed by atoms with Gasteiger partial charge >= 0.3 is 0 Å². The number of halogens is 1. The van der Waals surface area contributed by atoms with Crippen LogP contribution in [0.25, 0.3) is 10.9 Å². The Balaban J connectivity index is 1.74. The summed E-state index contributed by atoms with van der Waals surface area (Å²) >= 11 is 6.41. The summed E-state index contributed by atoms with van der Waals surface area (Å²) in [5.41, 5.74) is 4.67. The molecular weight excluding hydrogens is 404 g/mol. The van der Waals surface area contributed by atoms with Crippen molar-refractivity contribution in [2.75, 3.05) is 33.9 Å². The Bertz CT molecular complexity index is 954. The van der Waals surface area contributed by atoms with Gasteiger partial charge in [0.05, 0.1) is 31.5 Å². The molecule has 6 nitrogen and oxygen atoms in total. The van der Waals surface area contributed by atoms with Crippen LogP contribution in [0.2, 0.25) is 5.02 Å². The minimum atomic E-state index is 0.272. The number of piperidine rings is 1. The maximum Gasteiger partial charge on any atom is 0.293 e. The number of carbonyl (C=O) groups is 1. The molecule has 2 aliphatic heterocycles. The van der Waals surface area contributed by atoms with Crippen LogP contribution in [0.1, 0.15) is 37.1 Å². The Morgan fingerprint density at radius 2 is 2.20 bits per heavy atom.